The van der Waals surface area contributed by atoms with Crippen molar-refractivity contribution in [2.24, 2.45) is 0 Å². The molecule has 0 spiro atoms. The highest BCUT2D eigenvalue weighted by atomic mass is 35.5. The first-order chi connectivity index (χ1) is 11.7. The second-order valence-corrected chi connectivity index (χ2v) is 8.21. The second-order valence-electron chi connectivity index (χ2n) is 5.38. The van der Waals surface area contributed by atoms with Gasteiger partial charge in [0.15, 0.2) is 5.76 Å². The molecule has 0 radical (unpaired) electrons. The molecule has 1 saturated heterocycles. The van der Waals surface area contributed by atoms with Crippen LogP contribution in [0.2, 0.25) is 10.0 Å². The summed E-state index contributed by atoms with van der Waals surface area (Å²) in [6.45, 7) is 1.29. The molecule has 3 rings (SSSR count). The van der Waals surface area contributed by atoms with Crippen molar-refractivity contribution >= 4 is 45.1 Å². The van der Waals surface area contributed by atoms with Gasteiger partial charge in [-0.3, -0.25) is 4.79 Å². The van der Waals surface area contributed by atoms with Gasteiger partial charge in [-0.25, -0.2) is 12.7 Å². The monoisotopic (exact) mass is 405 g/mol. The minimum atomic E-state index is -3.61. The maximum atomic E-state index is 12.2. The molecule has 1 aliphatic heterocycles. The van der Waals surface area contributed by atoms with E-state index in [1.54, 1.807) is 0 Å². The van der Waals surface area contributed by atoms with Gasteiger partial charge >= 0.3 is 5.97 Å². The lowest BCUT2D eigenvalue weighted by Gasteiger charge is -2.14. The number of rotatable bonds is 3. The zero-order valence-corrected chi connectivity index (χ0v) is 15.3. The third-order valence-corrected chi connectivity index (χ3v) is 6.14. The Kier molecular flexibility index (Phi) is 4.61. The van der Waals surface area contributed by atoms with Crippen LogP contribution in [-0.2, 0) is 14.8 Å². The molecule has 134 valence electrons. The second kappa shape index (κ2) is 6.44. The van der Waals surface area contributed by atoms with Crippen molar-refractivity contribution in [2.75, 3.05) is 16.6 Å². The summed E-state index contributed by atoms with van der Waals surface area (Å²) in [6.07, 6.45) is 0.394. The van der Waals surface area contributed by atoms with Crippen molar-refractivity contribution in [3.63, 3.8) is 0 Å². The standard InChI is InChI=1S/C15H13Cl2NO6S/c1-8(19)23-14-12(20)13(9-3-4-10(16)11(17)7-9)24-15(14)18-5-2-6-25(18,21)22/h3-4,7,20H,2,5-6H2,1H3. The smallest absolute Gasteiger partial charge is 0.308 e. The maximum absolute atomic E-state index is 12.2. The number of halogens is 2. The van der Waals surface area contributed by atoms with Gasteiger partial charge in [-0.2, -0.15) is 0 Å². The van der Waals surface area contributed by atoms with Crippen LogP contribution in [0.4, 0.5) is 5.88 Å². The van der Waals surface area contributed by atoms with Crippen LogP contribution in [0.1, 0.15) is 13.3 Å². The Morgan fingerprint density at radius 1 is 1.32 bits per heavy atom. The van der Waals surface area contributed by atoms with Crippen molar-refractivity contribution < 1.29 is 27.5 Å². The molecule has 0 saturated carbocycles. The molecular weight excluding hydrogens is 393 g/mol. The first kappa shape index (κ1) is 17.9. The maximum Gasteiger partial charge on any atom is 0.308 e. The molecule has 2 heterocycles. The predicted molar refractivity (Wildman–Crippen MR) is 92.9 cm³/mol. The number of sulfonamides is 1. The van der Waals surface area contributed by atoms with E-state index in [-0.39, 0.29) is 34.7 Å². The van der Waals surface area contributed by atoms with Gasteiger partial charge in [0.25, 0.3) is 5.88 Å². The molecule has 2 aromatic rings. The SMILES string of the molecule is CC(=O)Oc1c(N2CCCS2(=O)=O)oc(-c2ccc(Cl)c(Cl)c2)c1O. The van der Waals surface area contributed by atoms with E-state index in [1.165, 1.54) is 18.2 Å². The van der Waals surface area contributed by atoms with E-state index in [1.807, 2.05) is 0 Å². The van der Waals surface area contributed by atoms with Gasteiger partial charge in [-0.05, 0) is 24.6 Å². The van der Waals surface area contributed by atoms with Gasteiger partial charge in [0.05, 0.1) is 15.8 Å². The average molecular weight is 406 g/mol. The molecule has 1 aromatic carbocycles. The molecule has 0 amide bonds. The molecule has 1 aromatic heterocycles. The summed E-state index contributed by atoms with van der Waals surface area (Å²) in [5.74, 6) is -1.95. The Bertz CT molecular complexity index is 953. The van der Waals surface area contributed by atoms with Crippen LogP contribution < -0.4 is 9.04 Å². The number of carbonyl (C=O) groups is 1. The number of hydrogen-bond donors (Lipinski definition) is 1. The lowest BCUT2D eigenvalue weighted by atomic mass is 10.1. The van der Waals surface area contributed by atoms with Crippen LogP contribution in [0.3, 0.4) is 0 Å². The van der Waals surface area contributed by atoms with Crippen molar-refractivity contribution in [1.29, 1.82) is 0 Å². The fourth-order valence-corrected chi connectivity index (χ4v) is 4.29. The zero-order valence-electron chi connectivity index (χ0n) is 13.0. The summed E-state index contributed by atoms with van der Waals surface area (Å²) < 4.78 is 35.9. The minimum Gasteiger partial charge on any atom is -0.502 e. The van der Waals surface area contributed by atoms with E-state index in [2.05, 4.69) is 0 Å². The van der Waals surface area contributed by atoms with E-state index in [0.717, 1.165) is 11.2 Å². The quantitative estimate of drug-likeness (QED) is 0.785. The molecule has 0 aliphatic carbocycles. The predicted octanol–water partition coefficient (Wildman–Crippen LogP) is 3.42. The van der Waals surface area contributed by atoms with E-state index < -0.39 is 21.7 Å². The number of esters is 1. The molecule has 0 atom stereocenters. The molecule has 0 unspecified atom stereocenters. The molecule has 0 bridgehead atoms. The third-order valence-electron chi connectivity index (χ3n) is 3.58. The normalized spacial score (nSPS) is 16.2. The van der Waals surface area contributed by atoms with Crippen LogP contribution in [0.15, 0.2) is 22.6 Å². The van der Waals surface area contributed by atoms with Crippen molar-refractivity contribution in [1.82, 2.24) is 0 Å². The highest BCUT2D eigenvalue weighted by Gasteiger charge is 2.37. The highest BCUT2D eigenvalue weighted by Crippen LogP contribution is 2.49. The van der Waals surface area contributed by atoms with Crippen molar-refractivity contribution in [3.05, 3.63) is 28.2 Å². The Labute approximate surface area is 153 Å². The summed E-state index contributed by atoms with van der Waals surface area (Å²) in [4.78, 5) is 11.4. The Morgan fingerprint density at radius 2 is 2.04 bits per heavy atom. The minimum absolute atomic E-state index is 0.0594. The molecule has 1 fully saturated rings. The zero-order chi connectivity index (χ0) is 18.4. The fraction of sp³-hybridized carbons (Fsp3) is 0.267. The Balaban J connectivity index is 2.18. The third kappa shape index (κ3) is 3.29. The van der Waals surface area contributed by atoms with Crippen LogP contribution in [0.5, 0.6) is 11.5 Å². The highest BCUT2D eigenvalue weighted by molar-refractivity contribution is 7.93. The fourth-order valence-electron chi connectivity index (χ4n) is 2.50. The van der Waals surface area contributed by atoms with Crippen LogP contribution in [-0.4, -0.2) is 31.8 Å². The largest absolute Gasteiger partial charge is 0.502 e. The summed E-state index contributed by atoms with van der Waals surface area (Å²) in [5.41, 5.74) is 0.350. The Hall–Kier alpha value is -1.90. The van der Waals surface area contributed by atoms with Gasteiger partial charge in [0, 0.05) is 19.0 Å². The number of carbonyl (C=O) groups excluding carboxylic acids is 1. The van der Waals surface area contributed by atoms with Crippen LogP contribution >= 0.6 is 23.2 Å². The summed E-state index contributed by atoms with van der Waals surface area (Å²) in [6, 6.07) is 4.48. The summed E-state index contributed by atoms with van der Waals surface area (Å²) in [5, 5.41) is 11.0. The molecule has 1 aliphatic rings. The average Bonchev–Trinajstić information content (AvgIpc) is 3.02. The molecular formula is C15H13Cl2NO6S. The van der Waals surface area contributed by atoms with Crippen molar-refractivity contribution in [3.8, 4) is 22.8 Å². The first-order valence-corrected chi connectivity index (χ1v) is 9.57. The Morgan fingerprint density at radius 3 is 2.60 bits per heavy atom. The van der Waals surface area contributed by atoms with E-state index in [4.69, 9.17) is 32.4 Å². The van der Waals surface area contributed by atoms with Crippen LogP contribution in [0, 0.1) is 0 Å². The number of benzene rings is 1. The van der Waals surface area contributed by atoms with Gasteiger partial charge < -0.3 is 14.3 Å². The number of nitrogens with zero attached hydrogens (tertiary/aromatic N) is 1. The van der Waals surface area contributed by atoms with Gasteiger partial charge in [0.1, 0.15) is 0 Å². The number of ether oxygens (including phenoxy) is 1. The first-order valence-electron chi connectivity index (χ1n) is 7.20. The lowest BCUT2D eigenvalue weighted by Crippen LogP contribution is -2.25. The number of furan rings is 1. The molecule has 25 heavy (non-hydrogen) atoms. The summed E-state index contributed by atoms with van der Waals surface area (Å²) >= 11 is 11.8. The van der Waals surface area contributed by atoms with E-state index in [0.29, 0.717) is 17.0 Å². The molecule has 10 heteroatoms. The lowest BCUT2D eigenvalue weighted by molar-refractivity contribution is -0.132. The van der Waals surface area contributed by atoms with Crippen LogP contribution in [0.25, 0.3) is 11.3 Å². The summed E-state index contributed by atoms with van der Waals surface area (Å²) in [7, 11) is -3.61. The van der Waals surface area contributed by atoms with Gasteiger partial charge in [0.2, 0.25) is 21.5 Å². The molecule has 7 nitrogen and oxygen atoms in total. The topological polar surface area (TPSA) is 97.0 Å². The van der Waals surface area contributed by atoms with E-state index >= 15 is 0 Å². The van der Waals surface area contributed by atoms with Gasteiger partial charge in [-0.15, -0.1) is 0 Å². The van der Waals surface area contributed by atoms with E-state index in [9.17, 15) is 18.3 Å². The number of anilines is 1. The van der Waals surface area contributed by atoms with Gasteiger partial charge in [-0.1, -0.05) is 23.2 Å². The molecule has 1 N–H and O–H groups in total. The number of hydrogen-bond acceptors (Lipinski definition) is 6. The van der Waals surface area contributed by atoms with Crippen molar-refractivity contribution in [2.45, 2.75) is 13.3 Å². The number of aromatic hydroxyl groups is 1.